The molecule has 0 unspecified atom stereocenters. The molecule has 0 fully saturated rings. The van der Waals surface area contributed by atoms with Crippen molar-refractivity contribution in [1.82, 2.24) is 5.09 Å². The van der Waals surface area contributed by atoms with Crippen LogP contribution in [0.4, 0.5) is 0 Å². The molecule has 6 nitrogen and oxygen atoms in total. The van der Waals surface area contributed by atoms with Crippen LogP contribution in [0, 0.1) is 13.8 Å². The molecule has 5 N–H and O–H groups in total. The van der Waals surface area contributed by atoms with Crippen molar-refractivity contribution in [2.75, 3.05) is 0 Å². The van der Waals surface area contributed by atoms with Crippen molar-refractivity contribution in [2.24, 2.45) is 11.0 Å². The Balaban J connectivity index is 2.90. The summed E-state index contributed by atoms with van der Waals surface area (Å²) in [6.07, 6.45) is 0. The van der Waals surface area contributed by atoms with Crippen LogP contribution in [0.2, 0.25) is 0 Å². The molecule has 0 aromatic carbocycles. The molecule has 0 saturated heterocycles. The van der Waals surface area contributed by atoms with Gasteiger partial charge in [-0.25, -0.2) is 0 Å². The van der Waals surface area contributed by atoms with Gasteiger partial charge in [-0.3, -0.25) is 25.5 Å². The summed E-state index contributed by atoms with van der Waals surface area (Å²) in [7, 11) is -3.56. The second-order valence-corrected chi connectivity index (χ2v) is 4.66. The quantitative estimate of drug-likeness (QED) is 0.630. The third-order valence-electron chi connectivity index (χ3n) is 1.52. The zero-order valence-corrected chi connectivity index (χ0v) is 8.80. The van der Waals surface area contributed by atoms with E-state index in [1.807, 2.05) is 5.09 Å². The number of amides is 1. The highest BCUT2D eigenvalue weighted by Crippen LogP contribution is 2.21. The second kappa shape index (κ2) is 3.57. The third kappa shape index (κ3) is 2.70. The first kappa shape index (κ1) is 11.0. The van der Waals surface area contributed by atoms with Crippen LogP contribution in [0.15, 0.2) is 10.5 Å². The first-order valence-corrected chi connectivity index (χ1v) is 5.71. The van der Waals surface area contributed by atoms with Crippen LogP contribution >= 0.6 is 7.59 Å². The number of nitrogens with one attached hydrogen (secondary N) is 1. The molecule has 0 aliphatic heterocycles. The van der Waals surface area contributed by atoms with Gasteiger partial charge in [-0.1, -0.05) is 0 Å². The molecular formula is C7H12N3O3P. The summed E-state index contributed by atoms with van der Waals surface area (Å²) in [5.41, 5.74) is 10.6. The average Bonchev–Trinajstić information content (AvgIpc) is 2.26. The van der Waals surface area contributed by atoms with Gasteiger partial charge in [0.25, 0.3) is 5.91 Å². The first-order valence-electron chi connectivity index (χ1n) is 3.86. The maximum Gasteiger partial charge on any atom is 0.300 e. The van der Waals surface area contributed by atoms with Crippen LogP contribution in [0.5, 0.6) is 0 Å². The molecule has 0 radical (unpaired) electrons. The fourth-order valence-electron chi connectivity index (χ4n) is 1.08. The first-order chi connectivity index (χ1) is 6.29. The van der Waals surface area contributed by atoms with Crippen LogP contribution in [0.3, 0.4) is 0 Å². The predicted molar refractivity (Wildman–Crippen MR) is 51.6 cm³/mol. The summed E-state index contributed by atoms with van der Waals surface area (Å²) < 4.78 is 16.0. The minimum absolute atomic E-state index is 0.0821. The molecule has 0 atom stereocenters. The lowest BCUT2D eigenvalue weighted by Gasteiger charge is -2.06. The number of rotatable bonds is 2. The zero-order chi connectivity index (χ0) is 10.9. The van der Waals surface area contributed by atoms with Crippen molar-refractivity contribution in [3.8, 4) is 0 Å². The fourth-order valence-corrected chi connectivity index (χ4v) is 1.50. The fraction of sp³-hybridized carbons (Fsp3) is 0.286. The van der Waals surface area contributed by atoms with Gasteiger partial charge in [0.15, 0.2) is 5.76 Å². The highest BCUT2D eigenvalue weighted by atomic mass is 31.2. The summed E-state index contributed by atoms with van der Waals surface area (Å²) in [4.78, 5) is 11.4. The number of hydrogen-bond donors (Lipinski definition) is 3. The summed E-state index contributed by atoms with van der Waals surface area (Å²) in [5, 5.41) is 1.97. The number of furan rings is 1. The zero-order valence-electron chi connectivity index (χ0n) is 7.90. The largest absolute Gasteiger partial charge is 0.456 e. The summed E-state index contributed by atoms with van der Waals surface area (Å²) >= 11 is 0. The van der Waals surface area contributed by atoms with Gasteiger partial charge in [-0.05, 0) is 19.9 Å². The number of carbonyl (C=O) groups excluding carboxylic acids is 1. The minimum atomic E-state index is -3.56. The van der Waals surface area contributed by atoms with E-state index >= 15 is 0 Å². The Labute approximate surface area is 81.2 Å². The minimum Gasteiger partial charge on any atom is -0.456 e. The Bertz CT molecular complexity index is 406. The normalized spacial score (nSPS) is 11.4. The van der Waals surface area contributed by atoms with Crippen LogP contribution in [0.25, 0.3) is 0 Å². The van der Waals surface area contributed by atoms with Crippen molar-refractivity contribution in [3.05, 3.63) is 23.2 Å². The molecule has 0 spiro atoms. The second-order valence-electron chi connectivity index (χ2n) is 3.02. The molecule has 0 saturated carbocycles. The maximum absolute atomic E-state index is 11.4. The van der Waals surface area contributed by atoms with E-state index < -0.39 is 13.5 Å². The summed E-state index contributed by atoms with van der Waals surface area (Å²) in [6, 6.07) is 1.69. The van der Waals surface area contributed by atoms with Crippen molar-refractivity contribution in [1.29, 1.82) is 0 Å². The van der Waals surface area contributed by atoms with Crippen LogP contribution in [-0.2, 0) is 4.57 Å². The van der Waals surface area contributed by atoms with Crippen molar-refractivity contribution >= 4 is 13.5 Å². The van der Waals surface area contributed by atoms with Crippen LogP contribution < -0.4 is 16.1 Å². The molecule has 0 aliphatic carbocycles. The lowest BCUT2D eigenvalue weighted by Crippen LogP contribution is -2.28. The van der Waals surface area contributed by atoms with Crippen LogP contribution in [-0.4, -0.2) is 5.91 Å². The third-order valence-corrected chi connectivity index (χ3v) is 2.08. The number of aryl methyl sites for hydroxylation is 2. The Kier molecular flexibility index (Phi) is 2.80. The summed E-state index contributed by atoms with van der Waals surface area (Å²) in [5.74, 6) is 0.0130. The van der Waals surface area contributed by atoms with Crippen molar-refractivity contribution in [3.63, 3.8) is 0 Å². The Morgan fingerprint density at radius 1 is 1.50 bits per heavy atom. The number of nitrogens with two attached hydrogens (primary N) is 2. The molecule has 14 heavy (non-hydrogen) atoms. The number of carbonyl (C=O) groups is 1. The van der Waals surface area contributed by atoms with E-state index in [0.717, 1.165) is 0 Å². The molecule has 1 rings (SSSR count). The molecule has 78 valence electrons. The molecule has 1 aromatic heterocycles. The molecule has 0 bridgehead atoms. The van der Waals surface area contributed by atoms with Gasteiger partial charge < -0.3 is 4.42 Å². The molecule has 0 aliphatic rings. The van der Waals surface area contributed by atoms with Crippen LogP contribution in [0.1, 0.15) is 21.9 Å². The average molecular weight is 217 g/mol. The predicted octanol–water partition coefficient (Wildman–Crippen LogP) is 0.652. The highest BCUT2D eigenvalue weighted by Gasteiger charge is 2.19. The van der Waals surface area contributed by atoms with Gasteiger partial charge in [0, 0.05) is 5.56 Å². The van der Waals surface area contributed by atoms with E-state index in [9.17, 15) is 9.36 Å². The van der Waals surface area contributed by atoms with Crippen molar-refractivity contribution < 1.29 is 13.8 Å². The molecule has 7 heteroatoms. The molecular weight excluding hydrogens is 205 g/mol. The van der Waals surface area contributed by atoms with E-state index in [4.69, 9.17) is 15.4 Å². The van der Waals surface area contributed by atoms with Gasteiger partial charge in [0.1, 0.15) is 5.76 Å². The van der Waals surface area contributed by atoms with E-state index in [1.165, 1.54) is 0 Å². The lowest BCUT2D eigenvalue weighted by atomic mass is 10.2. The van der Waals surface area contributed by atoms with Gasteiger partial charge in [-0.15, -0.1) is 0 Å². The Morgan fingerprint density at radius 2 is 2.07 bits per heavy atom. The van der Waals surface area contributed by atoms with E-state index in [0.29, 0.717) is 11.3 Å². The maximum atomic E-state index is 11.4. The van der Waals surface area contributed by atoms with E-state index in [2.05, 4.69) is 0 Å². The van der Waals surface area contributed by atoms with E-state index in [-0.39, 0.29) is 5.76 Å². The van der Waals surface area contributed by atoms with Crippen molar-refractivity contribution in [2.45, 2.75) is 13.8 Å². The lowest BCUT2D eigenvalue weighted by molar-refractivity contribution is 0.0951. The number of hydrogen-bond acceptors (Lipinski definition) is 3. The summed E-state index contributed by atoms with van der Waals surface area (Å²) in [6.45, 7) is 3.40. The Hall–Kier alpha value is -1.10. The van der Waals surface area contributed by atoms with Gasteiger partial charge in [0.2, 0.25) is 0 Å². The monoisotopic (exact) mass is 217 g/mol. The standard InChI is InChI=1S/C7H12N3O3P/c1-4-3-5(2)13-6(4)7(11)10-14(8,9)12/h3H,1-2H3,(H5,8,9,10,11,12). The Morgan fingerprint density at radius 3 is 2.43 bits per heavy atom. The molecule has 1 heterocycles. The smallest absolute Gasteiger partial charge is 0.300 e. The molecule has 1 aromatic rings. The van der Waals surface area contributed by atoms with Gasteiger partial charge in [-0.2, -0.15) is 0 Å². The van der Waals surface area contributed by atoms with E-state index in [1.54, 1.807) is 19.9 Å². The topological polar surface area (TPSA) is 111 Å². The SMILES string of the molecule is Cc1cc(C)c(C(=O)NP(N)(N)=O)o1. The van der Waals surface area contributed by atoms with Gasteiger partial charge >= 0.3 is 7.59 Å². The molecule has 1 amide bonds. The van der Waals surface area contributed by atoms with Gasteiger partial charge in [0.05, 0.1) is 0 Å². The highest BCUT2D eigenvalue weighted by molar-refractivity contribution is 7.57.